The van der Waals surface area contributed by atoms with Crippen molar-refractivity contribution in [2.45, 2.75) is 27.2 Å². The molecule has 1 saturated heterocycles. The molecule has 4 rings (SSSR count). The van der Waals surface area contributed by atoms with Gasteiger partial charge in [-0.2, -0.15) is 0 Å². The molecule has 0 N–H and O–H groups in total. The summed E-state index contributed by atoms with van der Waals surface area (Å²) < 4.78 is 6.70. The summed E-state index contributed by atoms with van der Waals surface area (Å²) in [6.07, 6.45) is 0.437. The van der Waals surface area contributed by atoms with Crippen LogP contribution in [0.1, 0.15) is 23.6 Å². The van der Waals surface area contributed by atoms with E-state index in [4.69, 9.17) is 9.72 Å². The minimum Gasteiger partial charge on any atom is -0.494 e. The second-order valence-electron chi connectivity index (χ2n) is 7.47. The molecule has 152 valence electrons. The van der Waals surface area contributed by atoms with Crippen LogP contribution >= 0.6 is 11.3 Å². The number of amides is 1. The molecule has 1 fully saturated rings. The van der Waals surface area contributed by atoms with Gasteiger partial charge in [0.15, 0.2) is 5.13 Å². The van der Waals surface area contributed by atoms with E-state index in [1.165, 1.54) is 15.8 Å². The number of hydrogen-bond acceptors (Lipinski definition) is 5. The van der Waals surface area contributed by atoms with Gasteiger partial charge in [0.05, 0.1) is 23.2 Å². The van der Waals surface area contributed by atoms with E-state index in [9.17, 15) is 4.79 Å². The van der Waals surface area contributed by atoms with Crippen LogP contribution in [0.15, 0.2) is 36.4 Å². The lowest BCUT2D eigenvalue weighted by molar-refractivity contribution is -0.130. The molecule has 0 saturated carbocycles. The van der Waals surface area contributed by atoms with E-state index in [1.807, 2.05) is 36.1 Å². The third-order valence-electron chi connectivity index (χ3n) is 5.57. The fourth-order valence-corrected chi connectivity index (χ4v) is 4.73. The van der Waals surface area contributed by atoms with Crippen LogP contribution in [0.5, 0.6) is 5.75 Å². The number of ether oxygens (including phenoxy) is 1. The Morgan fingerprint density at radius 3 is 2.48 bits per heavy atom. The van der Waals surface area contributed by atoms with Gasteiger partial charge in [0.2, 0.25) is 5.91 Å². The van der Waals surface area contributed by atoms with Crippen LogP contribution in [0, 0.1) is 13.8 Å². The normalized spacial score (nSPS) is 14.4. The summed E-state index contributed by atoms with van der Waals surface area (Å²) in [6, 6.07) is 12.1. The number of benzene rings is 2. The van der Waals surface area contributed by atoms with E-state index >= 15 is 0 Å². The number of nitrogens with zero attached hydrogens (tertiary/aromatic N) is 3. The Morgan fingerprint density at radius 2 is 1.79 bits per heavy atom. The van der Waals surface area contributed by atoms with E-state index in [-0.39, 0.29) is 5.91 Å². The summed E-state index contributed by atoms with van der Waals surface area (Å²) in [5.74, 6) is 1.03. The van der Waals surface area contributed by atoms with Gasteiger partial charge < -0.3 is 14.5 Å². The van der Waals surface area contributed by atoms with Gasteiger partial charge >= 0.3 is 0 Å². The van der Waals surface area contributed by atoms with Crippen molar-refractivity contribution in [3.63, 3.8) is 0 Å². The molecule has 0 radical (unpaired) electrons. The Kier molecular flexibility index (Phi) is 5.72. The van der Waals surface area contributed by atoms with Gasteiger partial charge in [0, 0.05) is 26.2 Å². The first-order valence-corrected chi connectivity index (χ1v) is 11.0. The van der Waals surface area contributed by atoms with Crippen LogP contribution in [0.2, 0.25) is 0 Å². The van der Waals surface area contributed by atoms with E-state index in [0.717, 1.165) is 48.1 Å². The number of carbonyl (C=O) groups excluding carboxylic acids is 1. The molecule has 0 unspecified atom stereocenters. The van der Waals surface area contributed by atoms with Crippen LogP contribution in [0.4, 0.5) is 5.13 Å². The Bertz CT molecular complexity index is 1000. The Balaban J connectivity index is 1.36. The van der Waals surface area contributed by atoms with Crippen molar-refractivity contribution in [3.05, 3.63) is 53.1 Å². The largest absolute Gasteiger partial charge is 0.494 e. The molecular weight excluding hydrogens is 382 g/mol. The lowest BCUT2D eigenvalue weighted by Crippen LogP contribution is -2.49. The zero-order valence-electron chi connectivity index (χ0n) is 17.3. The maximum atomic E-state index is 12.7. The van der Waals surface area contributed by atoms with E-state index in [0.29, 0.717) is 13.0 Å². The minimum absolute atomic E-state index is 0.185. The summed E-state index contributed by atoms with van der Waals surface area (Å²) in [7, 11) is 0. The molecule has 1 aliphatic heterocycles. The van der Waals surface area contributed by atoms with E-state index < -0.39 is 0 Å². The summed E-state index contributed by atoms with van der Waals surface area (Å²) in [5, 5.41) is 1.06. The maximum absolute atomic E-state index is 12.7. The van der Waals surface area contributed by atoms with Gasteiger partial charge in [0.25, 0.3) is 0 Å². The summed E-state index contributed by atoms with van der Waals surface area (Å²) in [6.45, 7) is 10.0. The number of aromatic nitrogens is 1. The number of piperazine rings is 1. The molecule has 2 heterocycles. The molecule has 6 heteroatoms. The van der Waals surface area contributed by atoms with Gasteiger partial charge in [-0.3, -0.25) is 4.79 Å². The van der Waals surface area contributed by atoms with Gasteiger partial charge in [-0.05, 0) is 55.7 Å². The van der Waals surface area contributed by atoms with Crippen molar-refractivity contribution < 1.29 is 9.53 Å². The molecule has 0 atom stereocenters. The van der Waals surface area contributed by atoms with Gasteiger partial charge in [-0.1, -0.05) is 29.5 Å². The first-order chi connectivity index (χ1) is 14.0. The third kappa shape index (κ3) is 4.22. The van der Waals surface area contributed by atoms with Crippen molar-refractivity contribution in [2.75, 3.05) is 37.7 Å². The number of fused-ring (bicyclic) bond motifs is 1. The Labute approximate surface area is 175 Å². The molecular formula is C23H27N3O2S. The SMILES string of the molecule is CCOc1ccc(CC(=O)N2CCN(c3nc4c(C)c(C)ccc4s3)CC2)cc1. The molecule has 3 aromatic rings. The first-order valence-electron chi connectivity index (χ1n) is 10.2. The quantitative estimate of drug-likeness (QED) is 0.633. The van der Waals surface area contributed by atoms with Crippen molar-refractivity contribution in [1.29, 1.82) is 0 Å². The monoisotopic (exact) mass is 409 g/mol. The molecule has 1 aromatic heterocycles. The zero-order valence-corrected chi connectivity index (χ0v) is 18.1. The van der Waals surface area contributed by atoms with Crippen LogP contribution in [-0.4, -0.2) is 48.6 Å². The second-order valence-corrected chi connectivity index (χ2v) is 8.48. The fourth-order valence-electron chi connectivity index (χ4n) is 3.65. The molecule has 2 aromatic carbocycles. The van der Waals surface area contributed by atoms with E-state index in [1.54, 1.807) is 11.3 Å². The lowest BCUT2D eigenvalue weighted by Gasteiger charge is -2.34. The van der Waals surface area contributed by atoms with Crippen molar-refractivity contribution in [1.82, 2.24) is 9.88 Å². The fraction of sp³-hybridized carbons (Fsp3) is 0.391. The summed E-state index contributed by atoms with van der Waals surface area (Å²) in [4.78, 5) is 21.9. The van der Waals surface area contributed by atoms with Gasteiger partial charge in [-0.25, -0.2) is 4.98 Å². The topological polar surface area (TPSA) is 45.7 Å². The predicted octanol–water partition coefficient (Wildman–Crippen LogP) is 4.20. The number of hydrogen-bond donors (Lipinski definition) is 0. The minimum atomic E-state index is 0.185. The average Bonchev–Trinajstić information content (AvgIpc) is 3.18. The first kappa shape index (κ1) is 19.7. The van der Waals surface area contributed by atoms with Crippen LogP contribution in [0.3, 0.4) is 0 Å². The predicted molar refractivity (Wildman–Crippen MR) is 119 cm³/mol. The highest BCUT2D eigenvalue weighted by Gasteiger charge is 2.23. The molecule has 0 spiro atoms. The molecule has 5 nitrogen and oxygen atoms in total. The third-order valence-corrected chi connectivity index (χ3v) is 6.65. The number of carbonyl (C=O) groups is 1. The molecule has 0 bridgehead atoms. The highest BCUT2D eigenvalue weighted by atomic mass is 32.1. The molecule has 1 amide bonds. The van der Waals surface area contributed by atoms with Crippen molar-refractivity contribution >= 4 is 32.6 Å². The van der Waals surface area contributed by atoms with Crippen molar-refractivity contribution in [3.8, 4) is 5.75 Å². The van der Waals surface area contributed by atoms with Gasteiger partial charge in [-0.15, -0.1) is 0 Å². The standard InChI is InChI=1S/C23H27N3O2S/c1-4-28-19-8-6-18(7-9-19)15-21(27)25-11-13-26(14-12-25)23-24-22-17(3)16(2)5-10-20(22)29-23/h5-10H,4,11-15H2,1-3H3. The Hall–Kier alpha value is -2.60. The number of aryl methyl sites for hydroxylation is 2. The van der Waals surface area contributed by atoms with Crippen LogP contribution in [-0.2, 0) is 11.2 Å². The Morgan fingerprint density at radius 1 is 1.07 bits per heavy atom. The second kappa shape index (κ2) is 8.41. The smallest absolute Gasteiger partial charge is 0.227 e. The molecule has 0 aliphatic carbocycles. The van der Waals surface area contributed by atoms with Gasteiger partial charge in [0.1, 0.15) is 5.75 Å². The lowest BCUT2D eigenvalue weighted by atomic mass is 10.1. The summed E-state index contributed by atoms with van der Waals surface area (Å²) in [5.41, 5.74) is 4.67. The number of anilines is 1. The van der Waals surface area contributed by atoms with E-state index in [2.05, 4.69) is 30.9 Å². The number of thiazole rings is 1. The van der Waals surface area contributed by atoms with Crippen LogP contribution in [0.25, 0.3) is 10.2 Å². The average molecular weight is 410 g/mol. The zero-order chi connectivity index (χ0) is 20.4. The molecule has 1 aliphatic rings. The summed E-state index contributed by atoms with van der Waals surface area (Å²) >= 11 is 1.74. The van der Waals surface area contributed by atoms with Crippen molar-refractivity contribution in [2.24, 2.45) is 0 Å². The highest BCUT2D eigenvalue weighted by Crippen LogP contribution is 2.32. The van der Waals surface area contributed by atoms with Crippen LogP contribution < -0.4 is 9.64 Å². The maximum Gasteiger partial charge on any atom is 0.227 e. The molecule has 29 heavy (non-hydrogen) atoms. The highest BCUT2D eigenvalue weighted by molar-refractivity contribution is 7.22. The number of rotatable bonds is 5.